The monoisotopic (exact) mass is 229 g/mol. The van der Waals surface area contributed by atoms with Crippen molar-refractivity contribution in [3.05, 3.63) is 0 Å². The minimum absolute atomic E-state index is 0.108. The van der Waals surface area contributed by atoms with Gasteiger partial charge in [0.25, 0.3) is 0 Å². The summed E-state index contributed by atoms with van der Waals surface area (Å²) in [5, 5.41) is 12.2. The van der Waals surface area contributed by atoms with Gasteiger partial charge in [-0.3, -0.25) is 4.79 Å². The number of hydrogen-bond donors (Lipinski definition) is 2. The number of aliphatic hydroxyl groups is 1. The Hall–Kier alpha value is -0.610. The van der Waals surface area contributed by atoms with E-state index in [2.05, 4.69) is 5.32 Å². The molecular formula is C12H23NO3. The molecule has 1 aliphatic carbocycles. The largest absolute Gasteiger partial charge is 0.391 e. The summed E-state index contributed by atoms with van der Waals surface area (Å²) in [6, 6.07) is 0. The second-order valence-electron chi connectivity index (χ2n) is 4.58. The zero-order valence-corrected chi connectivity index (χ0v) is 10.1. The van der Waals surface area contributed by atoms with Crippen LogP contribution in [-0.4, -0.2) is 37.4 Å². The van der Waals surface area contributed by atoms with Gasteiger partial charge in [0.15, 0.2) is 0 Å². The Kier molecular flexibility index (Phi) is 6.42. The first-order chi connectivity index (χ1) is 7.72. The fourth-order valence-electron chi connectivity index (χ4n) is 1.86. The standard InChI is InChI=1S/C12H23NO3/c1-16-9-11(14)7-8-13-12(15)6-5-10-3-2-4-10/h10-11,14H,2-9H2,1H3,(H,13,15). The van der Waals surface area contributed by atoms with Gasteiger partial charge in [0.1, 0.15) is 0 Å². The third-order valence-electron chi connectivity index (χ3n) is 3.16. The van der Waals surface area contributed by atoms with E-state index in [4.69, 9.17) is 4.74 Å². The molecule has 1 unspecified atom stereocenters. The Balaban J connectivity index is 1.92. The van der Waals surface area contributed by atoms with Crippen molar-refractivity contribution in [2.75, 3.05) is 20.3 Å². The molecule has 0 spiro atoms. The van der Waals surface area contributed by atoms with Crippen molar-refractivity contribution in [1.29, 1.82) is 0 Å². The lowest BCUT2D eigenvalue weighted by Gasteiger charge is -2.24. The number of amides is 1. The smallest absolute Gasteiger partial charge is 0.220 e. The van der Waals surface area contributed by atoms with Crippen molar-refractivity contribution in [3.63, 3.8) is 0 Å². The Bertz CT molecular complexity index is 204. The molecular weight excluding hydrogens is 206 g/mol. The Morgan fingerprint density at radius 3 is 2.88 bits per heavy atom. The predicted molar refractivity (Wildman–Crippen MR) is 62.1 cm³/mol. The van der Waals surface area contributed by atoms with Gasteiger partial charge in [-0.2, -0.15) is 0 Å². The molecule has 0 radical (unpaired) electrons. The molecule has 0 saturated heterocycles. The minimum Gasteiger partial charge on any atom is -0.391 e. The van der Waals surface area contributed by atoms with Gasteiger partial charge >= 0.3 is 0 Å². The molecule has 0 heterocycles. The second kappa shape index (κ2) is 7.63. The van der Waals surface area contributed by atoms with Crippen LogP contribution in [0.2, 0.25) is 0 Å². The van der Waals surface area contributed by atoms with Gasteiger partial charge in [-0.25, -0.2) is 0 Å². The number of carbonyl (C=O) groups excluding carboxylic acids is 1. The Labute approximate surface area is 97.4 Å². The first kappa shape index (κ1) is 13.5. The van der Waals surface area contributed by atoms with Crippen LogP contribution in [0.1, 0.15) is 38.5 Å². The van der Waals surface area contributed by atoms with Gasteiger partial charge in [-0.05, 0) is 18.8 Å². The third-order valence-corrected chi connectivity index (χ3v) is 3.16. The topological polar surface area (TPSA) is 58.6 Å². The highest BCUT2D eigenvalue weighted by molar-refractivity contribution is 5.75. The molecule has 1 saturated carbocycles. The lowest BCUT2D eigenvalue weighted by Crippen LogP contribution is -2.29. The third kappa shape index (κ3) is 5.47. The number of ether oxygens (including phenoxy) is 1. The van der Waals surface area contributed by atoms with Crippen LogP contribution in [0.25, 0.3) is 0 Å². The number of methoxy groups -OCH3 is 1. The summed E-state index contributed by atoms with van der Waals surface area (Å²) in [5.74, 6) is 0.890. The quantitative estimate of drug-likeness (QED) is 0.655. The molecule has 1 amide bonds. The summed E-state index contributed by atoms with van der Waals surface area (Å²) >= 11 is 0. The zero-order chi connectivity index (χ0) is 11.8. The molecule has 0 aromatic carbocycles. The minimum atomic E-state index is -0.475. The maximum absolute atomic E-state index is 11.4. The van der Waals surface area contributed by atoms with E-state index in [0.717, 1.165) is 12.3 Å². The molecule has 0 aliphatic heterocycles. The first-order valence-electron chi connectivity index (χ1n) is 6.16. The maximum Gasteiger partial charge on any atom is 0.220 e. The molecule has 1 rings (SSSR count). The van der Waals surface area contributed by atoms with Crippen molar-refractivity contribution in [2.24, 2.45) is 5.92 Å². The summed E-state index contributed by atoms with van der Waals surface area (Å²) in [5.41, 5.74) is 0. The fraction of sp³-hybridized carbons (Fsp3) is 0.917. The number of nitrogens with one attached hydrogen (secondary N) is 1. The molecule has 1 fully saturated rings. The summed E-state index contributed by atoms with van der Waals surface area (Å²) in [6.07, 6.45) is 5.65. The van der Waals surface area contributed by atoms with Crippen LogP contribution in [0, 0.1) is 5.92 Å². The van der Waals surface area contributed by atoms with Crippen LogP contribution in [0.15, 0.2) is 0 Å². The highest BCUT2D eigenvalue weighted by Gasteiger charge is 2.18. The van der Waals surface area contributed by atoms with Crippen LogP contribution in [0.5, 0.6) is 0 Å². The van der Waals surface area contributed by atoms with Gasteiger partial charge in [-0.1, -0.05) is 19.3 Å². The van der Waals surface area contributed by atoms with E-state index in [1.165, 1.54) is 19.3 Å². The second-order valence-corrected chi connectivity index (χ2v) is 4.58. The van der Waals surface area contributed by atoms with E-state index >= 15 is 0 Å². The first-order valence-corrected chi connectivity index (χ1v) is 6.16. The van der Waals surface area contributed by atoms with Gasteiger partial charge in [0.05, 0.1) is 12.7 Å². The summed E-state index contributed by atoms with van der Waals surface area (Å²) < 4.78 is 4.80. The molecule has 0 bridgehead atoms. The highest BCUT2D eigenvalue weighted by atomic mass is 16.5. The number of carbonyl (C=O) groups is 1. The lowest BCUT2D eigenvalue weighted by atomic mass is 9.82. The van der Waals surface area contributed by atoms with E-state index < -0.39 is 6.10 Å². The van der Waals surface area contributed by atoms with Crippen LogP contribution in [-0.2, 0) is 9.53 Å². The molecule has 16 heavy (non-hydrogen) atoms. The normalized spacial score (nSPS) is 17.9. The van der Waals surface area contributed by atoms with Crippen molar-refractivity contribution >= 4 is 5.91 Å². The molecule has 2 N–H and O–H groups in total. The molecule has 1 aliphatic rings. The van der Waals surface area contributed by atoms with Crippen LogP contribution in [0.3, 0.4) is 0 Å². The van der Waals surface area contributed by atoms with Crippen molar-refractivity contribution in [3.8, 4) is 0 Å². The molecule has 94 valence electrons. The number of aliphatic hydroxyl groups excluding tert-OH is 1. The fourth-order valence-corrected chi connectivity index (χ4v) is 1.86. The summed E-state index contributed by atoms with van der Waals surface area (Å²) in [4.78, 5) is 11.4. The molecule has 0 aromatic heterocycles. The SMILES string of the molecule is COCC(O)CCNC(=O)CCC1CCC1. The summed E-state index contributed by atoms with van der Waals surface area (Å²) in [6.45, 7) is 0.867. The Morgan fingerprint density at radius 2 is 2.31 bits per heavy atom. The van der Waals surface area contributed by atoms with E-state index in [1.807, 2.05) is 0 Å². The van der Waals surface area contributed by atoms with Gasteiger partial charge in [0, 0.05) is 20.1 Å². The molecule has 4 nitrogen and oxygen atoms in total. The van der Waals surface area contributed by atoms with Crippen LogP contribution < -0.4 is 5.32 Å². The van der Waals surface area contributed by atoms with E-state index in [-0.39, 0.29) is 5.91 Å². The van der Waals surface area contributed by atoms with Gasteiger partial charge in [-0.15, -0.1) is 0 Å². The zero-order valence-electron chi connectivity index (χ0n) is 10.1. The molecule has 0 aromatic rings. The van der Waals surface area contributed by atoms with Crippen molar-refractivity contribution in [2.45, 2.75) is 44.6 Å². The van der Waals surface area contributed by atoms with Crippen molar-refractivity contribution in [1.82, 2.24) is 5.32 Å². The van der Waals surface area contributed by atoms with Gasteiger partial charge < -0.3 is 15.2 Å². The summed E-state index contributed by atoms with van der Waals surface area (Å²) in [7, 11) is 1.56. The van der Waals surface area contributed by atoms with Crippen LogP contribution in [0.4, 0.5) is 0 Å². The molecule has 4 heteroatoms. The maximum atomic E-state index is 11.4. The van der Waals surface area contributed by atoms with E-state index in [1.54, 1.807) is 7.11 Å². The number of rotatable bonds is 8. The average Bonchev–Trinajstić information content (AvgIpc) is 2.15. The van der Waals surface area contributed by atoms with Crippen LogP contribution >= 0.6 is 0 Å². The van der Waals surface area contributed by atoms with Crippen molar-refractivity contribution < 1.29 is 14.6 Å². The molecule has 1 atom stereocenters. The Morgan fingerprint density at radius 1 is 1.56 bits per heavy atom. The highest BCUT2D eigenvalue weighted by Crippen LogP contribution is 2.30. The van der Waals surface area contributed by atoms with Gasteiger partial charge in [0.2, 0.25) is 5.91 Å². The van der Waals surface area contributed by atoms with E-state index in [9.17, 15) is 9.90 Å². The lowest BCUT2D eigenvalue weighted by molar-refractivity contribution is -0.121. The average molecular weight is 229 g/mol. The number of hydrogen-bond acceptors (Lipinski definition) is 3. The van der Waals surface area contributed by atoms with E-state index in [0.29, 0.717) is 26.0 Å². The predicted octanol–water partition coefficient (Wildman–Crippen LogP) is 1.08.